The molecule has 0 heterocycles. The molecule has 0 radical (unpaired) electrons. The summed E-state index contributed by atoms with van der Waals surface area (Å²) in [5.74, 6) is 1.83. The summed E-state index contributed by atoms with van der Waals surface area (Å²) >= 11 is 0. The molecule has 1 aliphatic carbocycles. The van der Waals surface area contributed by atoms with Crippen molar-refractivity contribution in [2.75, 3.05) is 27.3 Å². The molecule has 0 unspecified atom stereocenters. The van der Waals surface area contributed by atoms with Crippen molar-refractivity contribution in [1.82, 2.24) is 10.6 Å². The molecule has 1 fully saturated rings. The van der Waals surface area contributed by atoms with Crippen molar-refractivity contribution in [1.29, 1.82) is 0 Å². The van der Waals surface area contributed by atoms with E-state index in [1.54, 1.807) is 14.2 Å². The summed E-state index contributed by atoms with van der Waals surface area (Å²) in [4.78, 5) is 0. The third-order valence-electron chi connectivity index (χ3n) is 3.43. The second-order valence-electron chi connectivity index (χ2n) is 5.04. The number of hydrogen-bond donors (Lipinski definition) is 2. The van der Waals surface area contributed by atoms with Gasteiger partial charge in [0.2, 0.25) is 0 Å². The molecule has 0 bridgehead atoms. The fraction of sp³-hybridized carbons (Fsp3) is 0.600. The summed E-state index contributed by atoms with van der Waals surface area (Å²) < 4.78 is 10.8. The average Bonchev–Trinajstić information content (AvgIpc) is 3.23. The molecule has 0 amide bonds. The molecule has 0 saturated heterocycles. The van der Waals surface area contributed by atoms with Crippen molar-refractivity contribution in [3.63, 3.8) is 0 Å². The zero-order valence-corrected chi connectivity index (χ0v) is 12.1. The lowest BCUT2D eigenvalue weighted by molar-refractivity contribution is 0.394. The Morgan fingerprint density at radius 3 is 2.47 bits per heavy atom. The Kier molecular flexibility index (Phi) is 5.05. The maximum atomic E-state index is 5.42. The van der Waals surface area contributed by atoms with E-state index in [-0.39, 0.29) is 0 Å². The van der Waals surface area contributed by atoms with Crippen LogP contribution >= 0.6 is 0 Å². The highest BCUT2D eigenvalue weighted by Crippen LogP contribution is 2.28. The van der Waals surface area contributed by atoms with E-state index < -0.39 is 0 Å². The molecule has 0 aliphatic heterocycles. The summed E-state index contributed by atoms with van der Waals surface area (Å²) in [7, 11) is 3.41. The van der Waals surface area contributed by atoms with E-state index in [1.165, 1.54) is 12.8 Å². The maximum Gasteiger partial charge on any atom is 0.123 e. The molecule has 1 aromatic rings. The summed E-state index contributed by atoms with van der Waals surface area (Å²) in [5.41, 5.74) is 2.23. The smallest absolute Gasteiger partial charge is 0.123 e. The fourth-order valence-electron chi connectivity index (χ4n) is 2.13. The van der Waals surface area contributed by atoms with E-state index in [0.29, 0.717) is 0 Å². The van der Waals surface area contributed by atoms with Crippen LogP contribution in [0.4, 0.5) is 0 Å². The first-order valence-electron chi connectivity index (χ1n) is 6.90. The van der Waals surface area contributed by atoms with Crippen LogP contribution in [0, 0.1) is 6.92 Å². The highest BCUT2D eigenvalue weighted by Gasteiger charge is 2.19. The van der Waals surface area contributed by atoms with Crippen molar-refractivity contribution in [3.05, 3.63) is 23.3 Å². The predicted molar refractivity (Wildman–Crippen MR) is 77.0 cm³/mol. The SMILES string of the molecule is COc1cc(CNCCNC2CC2)c(OC)cc1C. The second kappa shape index (κ2) is 6.78. The van der Waals surface area contributed by atoms with Crippen molar-refractivity contribution >= 4 is 0 Å². The van der Waals surface area contributed by atoms with Crippen LogP contribution in [0.15, 0.2) is 12.1 Å². The van der Waals surface area contributed by atoms with Crippen molar-refractivity contribution in [2.45, 2.75) is 32.4 Å². The molecule has 0 atom stereocenters. The van der Waals surface area contributed by atoms with Gasteiger partial charge in [-0.1, -0.05) is 0 Å². The van der Waals surface area contributed by atoms with Gasteiger partial charge in [0, 0.05) is 31.2 Å². The Morgan fingerprint density at radius 1 is 1.11 bits per heavy atom. The number of nitrogens with one attached hydrogen (secondary N) is 2. The molecule has 0 spiro atoms. The highest BCUT2D eigenvalue weighted by molar-refractivity contribution is 5.45. The Labute approximate surface area is 115 Å². The van der Waals surface area contributed by atoms with Crippen molar-refractivity contribution in [3.8, 4) is 11.5 Å². The lowest BCUT2D eigenvalue weighted by Crippen LogP contribution is -2.28. The first-order valence-corrected chi connectivity index (χ1v) is 6.90. The van der Waals surface area contributed by atoms with E-state index in [9.17, 15) is 0 Å². The minimum atomic E-state index is 0.774. The molecule has 2 N–H and O–H groups in total. The fourth-order valence-corrected chi connectivity index (χ4v) is 2.13. The second-order valence-corrected chi connectivity index (χ2v) is 5.04. The topological polar surface area (TPSA) is 42.5 Å². The Hall–Kier alpha value is -1.26. The molecule has 4 heteroatoms. The zero-order chi connectivity index (χ0) is 13.7. The molecule has 19 heavy (non-hydrogen) atoms. The van der Waals surface area contributed by atoms with Crippen LogP contribution in [0.5, 0.6) is 11.5 Å². The number of rotatable bonds is 8. The van der Waals surface area contributed by atoms with Crippen LogP contribution in [0.3, 0.4) is 0 Å². The predicted octanol–water partition coefficient (Wildman–Crippen LogP) is 1.85. The van der Waals surface area contributed by atoms with Gasteiger partial charge in [-0.2, -0.15) is 0 Å². The number of aryl methyl sites for hydroxylation is 1. The lowest BCUT2D eigenvalue weighted by Gasteiger charge is -2.13. The largest absolute Gasteiger partial charge is 0.496 e. The van der Waals surface area contributed by atoms with Crippen LogP contribution in [0.25, 0.3) is 0 Å². The number of benzene rings is 1. The van der Waals surface area contributed by atoms with Gasteiger partial charge in [0.15, 0.2) is 0 Å². The van der Waals surface area contributed by atoms with Gasteiger partial charge in [0.1, 0.15) is 11.5 Å². The molecule has 106 valence electrons. The lowest BCUT2D eigenvalue weighted by atomic mass is 10.1. The first-order chi connectivity index (χ1) is 9.24. The molecule has 2 rings (SSSR count). The van der Waals surface area contributed by atoms with Crippen LogP contribution in [-0.2, 0) is 6.54 Å². The quantitative estimate of drug-likeness (QED) is 0.703. The Morgan fingerprint density at radius 2 is 1.84 bits per heavy atom. The zero-order valence-electron chi connectivity index (χ0n) is 12.1. The minimum absolute atomic E-state index is 0.774. The van der Waals surface area contributed by atoms with Gasteiger partial charge in [-0.25, -0.2) is 0 Å². The van der Waals surface area contributed by atoms with Crippen LogP contribution in [0.2, 0.25) is 0 Å². The summed E-state index contributed by atoms with van der Waals surface area (Å²) in [6, 6.07) is 4.85. The maximum absolute atomic E-state index is 5.42. The van der Waals surface area contributed by atoms with Crippen LogP contribution in [0.1, 0.15) is 24.0 Å². The third kappa shape index (κ3) is 4.11. The van der Waals surface area contributed by atoms with Gasteiger partial charge in [0.25, 0.3) is 0 Å². The van der Waals surface area contributed by atoms with E-state index in [4.69, 9.17) is 9.47 Å². The van der Waals surface area contributed by atoms with Crippen molar-refractivity contribution in [2.24, 2.45) is 0 Å². The summed E-state index contributed by atoms with van der Waals surface area (Å²) in [6.45, 7) is 4.82. The monoisotopic (exact) mass is 264 g/mol. The Balaban J connectivity index is 1.85. The number of ether oxygens (including phenoxy) is 2. The van der Waals surface area contributed by atoms with Crippen LogP contribution < -0.4 is 20.1 Å². The number of methoxy groups -OCH3 is 2. The average molecular weight is 264 g/mol. The molecule has 1 saturated carbocycles. The normalized spacial score (nSPS) is 14.5. The van der Waals surface area contributed by atoms with E-state index >= 15 is 0 Å². The van der Waals surface area contributed by atoms with Gasteiger partial charge in [-0.15, -0.1) is 0 Å². The van der Waals surface area contributed by atoms with Crippen molar-refractivity contribution < 1.29 is 9.47 Å². The van der Waals surface area contributed by atoms with Crippen LogP contribution in [-0.4, -0.2) is 33.4 Å². The number of hydrogen-bond acceptors (Lipinski definition) is 4. The first kappa shape index (κ1) is 14.2. The van der Waals surface area contributed by atoms with Gasteiger partial charge in [0.05, 0.1) is 14.2 Å². The summed E-state index contributed by atoms with van der Waals surface area (Å²) in [5, 5.41) is 6.92. The Bertz CT molecular complexity index is 417. The van der Waals surface area contributed by atoms with E-state index in [2.05, 4.69) is 16.7 Å². The molecule has 0 aromatic heterocycles. The summed E-state index contributed by atoms with van der Waals surface area (Å²) in [6.07, 6.45) is 2.67. The molecular weight excluding hydrogens is 240 g/mol. The molecule has 4 nitrogen and oxygen atoms in total. The minimum Gasteiger partial charge on any atom is -0.496 e. The molecular formula is C15H24N2O2. The highest BCUT2D eigenvalue weighted by atomic mass is 16.5. The van der Waals surface area contributed by atoms with Gasteiger partial charge >= 0.3 is 0 Å². The molecule has 1 aliphatic rings. The van der Waals surface area contributed by atoms with E-state index in [0.717, 1.165) is 48.3 Å². The third-order valence-corrected chi connectivity index (χ3v) is 3.43. The molecule has 1 aromatic carbocycles. The standard InChI is InChI=1S/C15H24N2O2/c1-11-8-15(19-3)12(9-14(11)18-2)10-16-6-7-17-13-4-5-13/h8-9,13,16-17H,4-7,10H2,1-3H3. The van der Waals surface area contributed by atoms with Gasteiger partial charge in [-0.05, 0) is 37.5 Å². The van der Waals surface area contributed by atoms with Gasteiger partial charge < -0.3 is 20.1 Å². The van der Waals surface area contributed by atoms with Gasteiger partial charge in [-0.3, -0.25) is 0 Å². The van der Waals surface area contributed by atoms with E-state index in [1.807, 2.05) is 13.0 Å².